The van der Waals surface area contributed by atoms with Crippen LogP contribution in [0.15, 0.2) is 0 Å². The van der Waals surface area contributed by atoms with Crippen molar-refractivity contribution < 1.29 is 19.0 Å². The Morgan fingerprint density at radius 2 is 1.89 bits per heavy atom. The van der Waals surface area contributed by atoms with Crippen LogP contribution in [-0.4, -0.2) is 62.0 Å². The molecule has 0 radical (unpaired) electrons. The monoisotopic (exact) mass is 525 g/mol. The predicted molar refractivity (Wildman–Crippen MR) is 121 cm³/mol. The van der Waals surface area contributed by atoms with Crippen LogP contribution < -0.4 is 10.6 Å². The molecule has 9 heteroatoms. The van der Waals surface area contributed by atoms with Gasteiger partial charge in [-0.3, -0.25) is 4.79 Å². The maximum Gasteiger partial charge on any atom is 0.223 e. The van der Waals surface area contributed by atoms with Gasteiger partial charge in [-0.25, -0.2) is 0 Å². The summed E-state index contributed by atoms with van der Waals surface area (Å²) in [5.41, 5.74) is -0.121. The van der Waals surface area contributed by atoms with Crippen LogP contribution in [0.1, 0.15) is 33.1 Å². The number of nitrogens with one attached hydrogen (secondary N) is 2. The molecule has 0 spiro atoms. The average molecular weight is 525 g/mol. The molecular formula is C19H32IN3O4S. The molecule has 28 heavy (non-hydrogen) atoms. The van der Waals surface area contributed by atoms with Crippen LogP contribution in [0.5, 0.6) is 0 Å². The van der Waals surface area contributed by atoms with Crippen molar-refractivity contribution in [1.29, 1.82) is 5.26 Å². The largest absolute Gasteiger partial charge is 0.379 e. The lowest BCUT2D eigenvalue weighted by atomic mass is 10.2. The summed E-state index contributed by atoms with van der Waals surface area (Å²) in [6.45, 7) is 7.44. The van der Waals surface area contributed by atoms with Crippen molar-refractivity contribution in [3.8, 4) is 17.2 Å². The Bertz CT molecular complexity index is 492. The fraction of sp³-hybridized carbons (Fsp3) is 0.789. The fourth-order valence-electron chi connectivity index (χ4n) is 1.91. The van der Waals surface area contributed by atoms with Gasteiger partial charge in [0.1, 0.15) is 10.8 Å². The molecule has 1 amide bonds. The van der Waals surface area contributed by atoms with Gasteiger partial charge in [0.05, 0.1) is 39.6 Å². The lowest BCUT2D eigenvalue weighted by Crippen LogP contribution is -2.25. The van der Waals surface area contributed by atoms with Crippen molar-refractivity contribution >= 4 is 40.3 Å². The van der Waals surface area contributed by atoms with Crippen molar-refractivity contribution in [3.63, 3.8) is 0 Å². The van der Waals surface area contributed by atoms with Gasteiger partial charge in [0.25, 0.3) is 0 Å². The van der Waals surface area contributed by atoms with Crippen LogP contribution in [0, 0.1) is 28.4 Å². The Balaban J connectivity index is 3.51. The molecule has 0 rings (SSSR count). The molecule has 0 aliphatic rings. The number of carbonyl (C=O) groups excluding carboxylic acids is 1. The van der Waals surface area contributed by atoms with E-state index in [1.165, 1.54) is 0 Å². The molecule has 160 valence electrons. The smallest absolute Gasteiger partial charge is 0.223 e. The molecule has 1 atom stereocenters. The van der Waals surface area contributed by atoms with E-state index >= 15 is 0 Å². The standard InChI is InChI=1S/C19H32IN3O4S/c1-17(2)5-3-9-23-18(24)7-10-25-11-12-26-13-14-27-19(28-16-21)6-4-8-22-15-20/h17,19,22H,4,6-15H2,1-2H3,(H,23,24). The highest BCUT2D eigenvalue weighted by molar-refractivity contribution is 14.1. The maximum atomic E-state index is 11.6. The molecule has 0 bridgehead atoms. The fourth-order valence-corrected chi connectivity index (χ4v) is 2.86. The zero-order chi connectivity index (χ0) is 20.9. The number of thiocyanates is 1. The topological polar surface area (TPSA) is 92.6 Å². The summed E-state index contributed by atoms with van der Waals surface area (Å²) < 4.78 is 17.4. The molecule has 0 aromatic rings. The Hall–Kier alpha value is -0.560. The van der Waals surface area contributed by atoms with E-state index in [9.17, 15) is 4.79 Å². The zero-order valence-electron chi connectivity index (χ0n) is 16.8. The van der Waals surface area contributed by atoms with E-state index in [0.29, 0.717) is 51.9 Å². The third-order valence-electron chi connectivity index (χ3n) is 3.21. The van der Waals surface area contributed by atoms with Gasteiger partial charge in [0, 0.05) is 16.9 Å². The molecular weight excluding hydrogens is 493 g/mol. The molecule has 0 aromatic heterocycles. The minimum Gasteiger partial charge on any atom is -0.379 e. The summed E-state index contributed by atoms with van der Waals surface area (Å²) in [4.78, 5) is 11.6. The number of amides is 1. The number of nitrogens with zero attached hydrogens (tertiary/aromatic N) is 1. The molecule has 0 aliphatic heterocycles. The van der Waals surface area contributed by atoms with Gasteiger partial charge in [-0.2, -0.15) is 5.26 Å². The van der Waals surface area contributed by atoms with Crippen LogP contribution in [0.2, 0.25) is 0 Å². The maximum absolute atomic E-state index is 11.6. The second kappa shape index (κ2) is 21.2. The van der Waals surface area contributed by atoms with E-state index < -0.39 is 0 Å². The zero-order valence-corrected chi connectivity index (χ0v) is 19.8. The highest BCUT2D eigenvalue weighted by atomic mass is 127. The average Bonchev–Trinajstić information content (AvgIpc) is 2.67. The Labute approximate surface area is 187 Å². The first kappa shape index (κ1) is 27.4. The summed E-state index contributed by atoms with van der Waals surface area (Å²) in [5.74, 6) is 6.13. The molecule has 0 saturated heterocycles. The van der Waals surface area contributed by atoms with Crippen molar-refractivity contribution in [2.45, 2.75) is 38.5 Å². The first-order valence-electron chi connectivity index (χ1n) is 9.43. The molecule has 2 N–H and O–H groups in total. The number of thioether (sulfide) groups is 1. The number of halogens is 1. The van der Waals surface area contributed by atoms with E-state index in [4.69, 9.17) is 19.5 Å². The van der Waals surface area contributed by atoms with E-state index in [-0.39, 0.29) is 11.3 Å². The van der Waals surface area contributed by atoms with E-state index in [0.717, 1.165) is 35.7 Å². The number of hydrogen-bond acceptors (Lipinski definition) is 7. The SMILES string of the molecule is CC(C)C#CCNC(=O)CCOCCOCCOC(CCCNCI)SC#N. The van der Waals surface area contributed by atoms with Gasteiger partial charge >= 0.3 is 0 Å². The van der Waals surface area contributed by atoms with E-state index in [1.807, 2.05) is 13.8 Å². The molecule has 7 nitrogen and oxygen atoms in total. The normalized spacial score (nSPS) is 11.5. The highest BCUT2D eigenvalue weighted by Crippen LogP contribution is 2.16. The Morgan fingerprint density at radius 1 is 1.18 bits per heavy atom. The second-order valence-corrected chi connectivity index (χ2v) is 7.72. The number of nitriles is 1. The summed E-state index contributed by atoms with van der Waals surface area (Å²) in [6, 6.07) is 0. The van der Waals surface area contributed by atoms with Crippen LogP contribution in [-0.2, 0) is 19.0 Å². The molecule has 0 fully saturated rings. The number of carbonyl (C=O) groups is 1. The van der Waals surface area contributed by atoms with Gasteiger partial charge in [-0.15, -0.1) is 0 Å². The molecule has 0 heterocycles. The van der Waals surface area contributed by atoms with Crippen molar-refractivity contribution in [1.82, 2.24) is 10.6 Å². The third-order valence-corrected chi connectivity index (χ3v) is 4.49. The minimum atomic E-state index is -0.121. The van der Waals surface area contributed by atoms with Crippen molar-refractivity contribution in [2.24, 2.45) is 5.92 Å². The third kappa shape index (κ3) is 20.2. The Morgan fingerprint density at radius 3 is 2.57 bits per heavy atom. The first-order chi connectivity index (χ1) is 13.6. The number of rotatable bonds is 17. The lowest BCUT2D eigenvalue weighted by Gasteiger charge is -2.14. The number of hydrogen-bond donors (Lipinski definition) is 2. The predicted octanol–water partition coefficient (Wildman–Crippen LogP) is 2.50. The lowest BCUT2D eigenvalue weighted by molar-refractivity contribution is -0.122. The van der Waals surface area contributed by atoms with Crippen molar-refractivity contribution in [2.75, 3.05) is 50.7 Å². The van der Waals surface area contributed by atoms with Crippen LogP contribution in [0.4, 0.5) is 0 Å². The summed E-state index contributed by atoms with van der Waals surface area (Å²) in [5, 5.41) is 16.9. The van der Waals surface area contributed by atoms with Crippen LogP contribution in [0.25, 0.3) is 0 Å². The van der Waals surface area contributed by atoms with Crippen LogP contribution >= 0.6 is 34.4 Å². The highest BCUT2D eigenvalue weighted by Gasteiger charge is 2.09. The molecule has 0 saturated carbocycles. The van der Waals surface area contributed by atoms with Crippen molar-refractivity contribution in [3.05, 3.63) is 0 Å². The van der Waals surface area contributed by atoms with E-state index in [1.54, 1.807) is 0 Å². The van der Waals surface area contributed by atoms with Crippen LogP contribution in [0.3, 0.4) is 0 Å². The van der Waals surface area contributed by atoms with Gasteiger partial charge in [-0.05, 0) is 31.1 Å². The summed E-state index contributed by atoms with van der Waals surface area (Å²) in [6.07, 6.45) is 2.11. The quantitative estimate of drug-likeness (QED) is 0.0574. The van der Waals surface area contributed by atoms with Gasteiger partial charge in [-0.1, -0.05) is 48.3 Å². The Kier molecular flexibility index (Phi) is 20.7. The second-order valence-electron chi connectivity index (χ2n) is 6.01. The summed E-state index contributed by atoms with van der Waals surface area (Å²) in [7, 11) is 0. The molecule has 0 aliphatic carbocycles. The first-order valence-corrected chi connectivity index (χ1v) is 11.8. The molecule has 1 unspecified atom stereocenters. The summed E-state index contributed by atoms with van der Waals surface area (Å²) >= 11 is 3.41. The number of ether oxygens (including phenoxy) is 3. The van der Waals surface area contributed by atoms with E-state index in [2.05, 4.69) is 50.5 Å². The van der Waals surface area contributed by atoms with Gasteiger partial charge in [0.2, 0.25) is 5.91 Å². The van der Waals surface area contributed by atoms with Gasteiger partial charge < -0.3 is 24.8 Å². The molecule has 0 aromatic carbocycles. The minimum absolute atomic E-state index is 0.0675. The van der Waals surface area contributed by atoms with Gasteiger partial charge in [0.15, 0.2) is 0 Å². The number of alkyl halides is 1.